The quantitative estimate of drug-likeness (QED) is 0.110. The summed E-state index contributed by atoms with van der Waals surface area (Å²) in [6, 6.07) is 44.5. The molecule has 570 valence electrons. The number of hydrogen-bond acceptors (Lipinski definition) is 0. The second-order valence-corrected chi connectivity index (χ2v) is 28.1. The fraction of sp³-hybridized carbons (Fsp3) is 0.149. The van der Waals surface area contributed by atoms with Crippen LogP contribution in [0.25, 0.3) is 116 Å². The molecule has 15 rings (SSSR count). The fourth-order valence-corrected chi connectivity index (χ4v) is 15.8. The molecule has 0 unspecified atom stereocenters. The zero-order valence-corrected chi connectivity index (χ0v) is 57.4. The van der Waals surface area contributed by atoms with Crippen LogP contribution in [0.15, 0.2) is 242 Å². The first-order valence-corrected chi connectivity index (χ1v) is 34.1. The summed E-state index contributed by atoms with van der Waals surface area (Å²) in [6.45, 7) is 1.31. The zero-order valence-electron chi connectivity index (χ0n) is 57.4. The van der Waals surface area contributed by atoms with Crippen LogP contribution in [0.2, 0.25) is 0 Å². The molecule has 1 spiro atoms. The maximum atomic E-state index is 15.0. The number of alkyl halides is 24. The lowest BCUT2D eigenvalue weighted by atomic mass is 9.81. The fourth-order valence-electron chi connectivity index (χ4n) is 15.8. The van der Waals surface area contributed by atoms with Gasteiger partial charge in [0.15, 0.2) is 0 Å². The standard InChI is InChI=1S/C87H50F24N/c1-45-41-112(42-50-20-19-46-11-5-8-16-69(46)77(50)76(45)47-12-3-2-4-13-47)43-74-72(59-23-51(55-27-61(80(88,89)90)37-62(28-55)81(91,92)93)21-52(24-59)56-29-63(82(94,95)96)38-64(30-56)83(97,98)99)35-48-14-6-9-17-70(48)78(74)79-71-18-10-7-15-49(71)36-73(75(79)44-112)60-25-53(57-31-65(84(100,101)102)39-66(32-57)85(103,104)105)22-54(26-60)58-33-67(86(106,107)108)40-68(34-58)87(109,110)111/h2-40H,41-44H2,1H3/q+1. The van der Waals surface area contributed by atoms with E-state index >= 15 is 0 Å². The van der Waals surface area contributed by atoms with Crippen molar-refractivity contribution in [3.63, 3.8) is 0 Å². The van der Waals surface area contributed by atoms with Gasteiger partial charge in [0.05, 0.1) is 44.5 Å². The smallest absolute Gasteiger partial charge is 0.309 e. The van der Waals surface area contributed by atoms with E-state index in [1.165, 1.54) is 0 Å². The van der Waals surface area contributed by atoms with Crippen LogP contribution in [-0.2, 0) is 69.0 Å². The molecule has 0 aromatic heterocycles. The summed E-state index contributed by atoms with van der Waals surface area (Å²) in [5.74, 6) is 0. The SMILES string of the molecule is CC1=C(c2ccccc2)c2c(ccc3ccccc23)C[N+]2(C1)Cc1c(-c3cc(-c4cc(C(F)(F)F)cc(C(F)(F)F)c4)cc(-c4cc(C(F)(F)F)cc(C(F)(F)F)c4)c3)cc3ccccc3c1-c1c(c(-c3cc(-c4cc(C(F)(F)F)cc(C(F)(F)F)c4)cc(-c4cc(C(F)(F)F)cc(C(F)(F)F)c4)c3)cc3ccccc13)C2. The third kappa shape index (κ3) is 14.5. The Morgan fingerprint density at radius 2 is 0.491 bits per heavy atom. The number of halogens is 24. The predicted octanol–water partition coefficient (Wildman–Crippen LogP) is 28.8. The maximum Gasteiger partial charge on any atom is 0.416 e. The van der Waals surface area contributed by atoms with Crippen LogP contribution in [0.4, 0.5) is 105 Å². The van der Waals surface area contributed by atoms with Crippen LogP contribution in [0.3, 0.4) is 0 Å². The zero-order chi connectivity index (χ0) is 80.1. The summed E-state index contributed by atoms with van der Waals surface area (Å²) in [6.07, 6.45) is -44.0. The predicted molar refractivity (Wildman–Crippen MR) is 378 cm³/mol. The molecule has 0 amide bonds. The highest BCUT2D eigenvalue weighted by Crippen LogP contribution is 2.55. The van der Waals surface area contributed by atoms with E-state index in [9.17, 15) is 105 Å². The Morgan fingerprint density at radius 1 is 0.223 bits per heavy atom. The highest BCUT2D eigenvalue weighted by Gasteiger charge is 2.45. The van der Waals surface area contributed by atoms with E-state index in [0.29, 0.717) is 76.0 Å². The minimum Gasteiger partial charge on any atom is -0.309 e. The molecule has 1 nitrogen and oxygen atoms in total. The van der Waals surface area contributed by atoms with Gasteiger partial charge in [-0.1, -0.05) is 115 Å². The Bertz CT molecular complexity index is 5410. The van der Waals surface area contributed by atoms with E-state index in [0.717, 1.165) is 58.3 Å². The van der Waals surface area contributed by atoms with Crippen molar-refractivity contribution in [3.05, 3.63) is 314 Å². The average molecular weight is 1570 g/mol. The van der Waals surface area contributed by atoms with Crippen LogP contribution >= 0.6 is 0 Å². The van der Waals surface area contributed by atoms with Gasteiger partial charge in [-0.25, -0.2) is 0 Å². The lowest BCUT2D eigenvalue weighted by Gasteiger charge is -2.39. The number of quaternary nitrogens is 1. The molecule has 112 heavy (non-hydrogen) atoms. The van der Waals surface area contributed by atoms with E-state index in [-0.39, 0.29) is 110 Å². The highest BCUT2D eigenvalue weighted by atomic mass is 19.4. The second kappa shape index (κ2) is 26.7. The summed E-state index contributed by atoms with van der Waals surface area (Å²) in [4.78, 5) is 0. The van der Waals surface area contributed by atoms with Gasteiger partial charge < -0.3 is 4.48 Å². The molecule has 0 saturated heterocycles. The van der Waals surface area contributed by atoms with Gasteiger partial charge >= 0.3 is 49.4 Å². The van der Waals surface area contributed by atoms with Crippen LogP contribution in [0.5, 0.6) is 0 Å². The Labute approximate surface area is 620 Å². The lowest BCUT2D eigenvalue weighted by Crippen LogP contribution is -2.46. The molecule has 2 heterocycles. The number of nitrogens with zero attached hydrogens (tertiary/aromatic N) is 1. The lowest BCUT2D eigenvalue weighted by molar-refractivity contribution is -0.961. The van der Waals surface area contributed by atoms with E-state index in [4.69, 9.17) is 0 Å². The Balaban J connectivity index is 1.12. The average Bonchev–Trinajstić information content (AvgIpc) is 1.30. The van der Waals surface area contributed by atoms with Gasteiger partial charge in [0, 0.05) is 27.8 Å². The van der Waals surface area contributed by atoms with Gasteiger partial charge in [0.1, 0.15) is 26.2 Å². The molecular weight excluding hydrogens is 1510 g/mol. The van der Waals surface area contributed by atoms with E-state index in [1.807, 2.05) is 55.5 Å². The number of benzene rings is 13. The van der Waals surface area contributed by atoms with Crippen LogP contribution < -0.4 is 0 Å². The van der Waals surface area contributed by atoms with Gasteiger partial charge in [-0.2, -0.15) is 105 Å². The molecule has 0 atom stereocenters. The Hall–Kier alpha value is -11.3. The summed E-state index contributed by atoms with van der Waals surface area (Å²) >= 11 is 0. The van der Waals surface area contributed by atoms with Gasteiger partial charge in [0.2, 0.25) is 0 Å². The van der Waals surface area contributed by atoms with E-state index < -0.39 is 138 Å². The largest absolute Gasteiger partial charge is 0.416 e. The molecule has 13 aromatic carbocycles. The molecule has 2 aliphatic heterocycles. The maximum absolute atomic E-state index is 15.0. The summed E-state index contributed by atoms with van der Waals surface area (Å²) in [7, 11) is 0. The van der Waals surface area contributed by atoms with Crippen molar-refractivity contribution in [2.75, 3.05) is 6.54 Å². The molecule has 0 bridgehead atoms. The van der Waals surface area contributed by atoms with Crippen molar-refractivity contribution in [1.82, 2.24) is 0 Å². The third-order valence-corrected chi connectivity index (χ3v) is 20.6. The molecule has 0 radical (unpaired) electrons. The molecule has 13 aromatic rings. The monoisotopic (exact) mass is 1560 g/mol. The Morgan fingerprint density at radius 3 is 0.804 bits per heavy atom. The van der Waals surface area contributed by atoms with Gasteiger partial charge in [0.25, 0.3) is 0 Å². The van der Waals surface area contributed by atoms with Crippen molar-refractivity contribution in [1.29, 1.82) is 0 Å². The first-order chi connectivity index (χ1) is 52.3. The highest BCUT2D eigenvalue weighted by molar-refractivity contribution is 6.12. The van der Waals surface area contributed by atoms with Gasteiger partial charge in [-0.3, -0.25) is 0 Å². The van der Waals surface area contributed by atoms with Crippen molar-refractivity contribution in [2.45, 2.75) is 76.0 Å². The van der Waals surface area contributed by atoms with Crippen molar-refractivity contribution < 1.29 is 110 Å². The number of hydrogen-bond donors (Lipinski definition) is 0. The topological polar surface area (TPSA) is 0 Å². The summed E-state index contributed by atoms with van der Waals surface area (Å²) in [5, 5.41) is 2.81. The number of fused-ring (bicyclic) bond motifs is 10. The van der Waals surface area contributed by atoms with Crippen LogP contribution in [0, 0.1) is 0 Å². The normalized spacial score (nSPS) is 14.5. The third-order valence-electron chi connectivity index (χ3n) is 20.6. The van der Waals surface area contributed by atoms with E-state index in [2.05, 4.69) is 0 Å². The molecule has 0 saturated carbocycles. The first kappa shape index (κ1) is 76.0. The van der Waals surface area contributed by atoms with Crippen molar-refractivity contribution in [2.24, 2.45) is 0 Å². The summed E-state index contributed by atoms with van der Waals surface area (Å²) in [5.41, 5.74) is -16.3. The summed E-state index contributed by atoms with van der Waals surface area (Å²) < 4.78 is 360. The molecule has 2 aliphatic rings. The molecule has 0 aliphatic carbocycles. The van der Waals surface area contributed by atoms with Crippen LogP contribution in [-0.4, -0.2) is 11.0 Å². The van der Waals surface area contributed by atoms with Crippen molar-refractivity contribution >= 4 is 37.9 Å². The minimum atomic E-state index is -5.50. The first-order valence-electron chi connectivity index (χ1n) is 34.1. The Kier molecular flexibility index (Phi) is 18.1. The molecule has 25 heteroatoms. The number of rotatable bonds is 7. The van der Waals surface area contributed by atoms with Gasteiger partial charge in [-0.05, 0) is 250 Å². The van der Waals surface area contributed by atoms with Gasteiger partial charge in [-0.15, -0.1) is 0 Å². The van der Waals surface area contributed by atoms with Crippen LogP contribution in [0.1, 0.15) is 79.2 Å². The molecule has 0 fully saturated rings. The molecular formula is C87H50F24N+. The molecule has 0 N–H and O–H groups in total. The van der Waals surface area contributed by atoms with Crippen molar-refractivity contribution in [3.8, 4) is 77.9 Å². The van der Waals surface area contributed by atoms with E-state index in [1.54, 1.807) is 78.9 Å². The second-order valence-electron chi connectivity index (χ2n) is 28.1. The minimum absolute atomic E-state index is 0.0228.